The number of aryl methyl sites for hydroxylation is 2. The zero-order chi connectivity index (χ0) is 15.6. The Hall–Kier alpha value is -1.19. The SMILES string of the molecule is COc1c(Br)cc(Cl)cc1NC(C)c1cc(C)cc(C)c1. The van der Waals surface area contributed by atoms with Crippen LogP contribution < -0.4 is 10.1 Å². The highest BCUT2D eigenvalue weighted by Gasteiger charge is 2.13. The minimum Gasteiger partial charge on any atom is -0.493 e. The zero-order valence-corrected chi connectivity index (χ0v) is 15.0. The number of hydrogen-bond donors (Lipinski definition) is 1. The number of benzene rings is 2. The van der Waals surface area contributed by atoms with Crippen molar-refractivity contribution in [2.45, 2.75) is 26.8 Å². The maximum Gasteiger partial charge on any atom is 0.156 e. The van der Waals surface area contributed by atoms with Gasteiger partial charge in [-0.1, -0.05) is 40.9 Å². The summed E-state index contributed by atoms with van der Waals surface area (Å²) in [5.74, 6) is 0.760. The summed E-state index contributed by atoms with van der Waals surface area (Å²) in [5.41, 5.74) is 4.64. The highest BCUT2D eigenvalue weighted by molar-refractivity contribution is 9.10. The van der Waals surface area contributed by atoms with Gasteiger partial charge in [0, 0.05) is 11.1 Å². The lowest BCUT2D eigenvalue weighted by Gasteiger charge is -2.20. The summed E-state index contributed by atoms with van der Waals surface area (Å²) in [7, 11) is 1.65. The number of hydrogen-bond acceptors (Lipinski definition) is 2. The van der Waals surface area contributed by atoms with Gasteiger partial charge in [0.1, 0.15) is 0 Å². The van der Waals surface area contributed by atoms with Crippen molar-refractivity contribution < 1.29 is 4.74 Å². The zero-order valence-electron chi connectivity index (χ0n) is 12.6. The third-order valence-corrected chi connectivity index (χ3v) is 4.14. The van der Waals surface area contributed by atoms with Crippen molar-refractivity contribution in [3.8, 4) is 5.75 Å². The quantitative estimate of drug-likeness (QED) is 0.725. The Balaban J connectivity index is 2.33. The molecular formula is C17H19BrClNO. The van der Waals surface area contributed by atoms with Crippen LogP contribution in [0.4, 0.5) is 5.69 Å². The lowest BCUT2D eigenvalue weighted by molar-refractivity contribution is 0.413. The molecule has 21 heavy (non-hydrogen) atoms. The molecule has 0 aliphatic heterocycles. The molecule has 2 aromatic carbocycles. The van der Waals surface area contributed by atoms with E-state index in [0.29, 0.717) is 5.02 Å². The van der Waals surface area contributed by atoms with E-state index in [2.05, 4.69) is 60.2 Å². The summed E-state index contributed by atoms with van der Waals surface area (Å²) in [4.78, 5) is 0. The standard InChI is InChI=1S/C17H19BrClNO/c1-10-5-11(2)7-13(6-10)12(3)20-16-9-14(19)8-15(18)17(16)21-4/h5-9,12,20H,1-4H3. The molecule has 0 radical (unpaired) electrons. The minimum absolute atomic E-state index is 0.155. The van der Waals surface area contributed by atoms with E-state index in [1.54, 1.807) is 7.11 Å². The maximum absolute atomic E-state index is 6.13. The van der Waals surface area contributed by atoms with Crippen LogP contribution in [0, 0.1) is 13.8 Å². The van der Waals surface area contributed by atoms with Gasteiger partial charge in [0.05, 0.1) is 17.3 Å². The molecule has 1 atom stereocenters. The van der Waals surface area contributed by atoms with Crippen LogP contribution in [0.5, 0.6) is 5.75 Å². The van der Waals surface area contributed by atoms with E-state index < -0.39 is 0 Å². The molecule has 2 aromatic rings. The maximum atomic E-state index is 6.13. The summed E-state index contributed by atoms with van der Waals surface area (Å²) in [6.07, 6.45) is 0. The Kier molecular flexibility index (Phi) is 5.17. The summed E-state index contributed by atoms with van der Waals surface area (Å²) < 4.78 is 6.29. The van der Waals surface area contributed by atoms with Crippen molar-refractivity contribution in [3.63, 3.8) is 0 Å². The second-order valence-electron chi connectivity index (χ2n) is 5.26. The number of ether oxygens (including phenoxy) is 1. The van der Waals surface area contributed by atoms with Crippen LogP contribution >= 0.6 is 27.5 Å². The van der Waals surface area contributed by atoms with Crippen molar-refractivity contribution in [1.82, 2.24) is 0 Å². The monoisotopic (exact) mass is 367 g/mol. The predicted octanol–water partition coefficient (Wildman–Crippen LogP) is 5.90. The Bertz CT molecular complexity index is 637. The second kappa shape index (κ2) is 6.71. The topological polar surface area (TPSA) is 21.3 Å². The van der Waals surface area contributed by atoms with Gasteiger partial charge in [0.25, 0.3) is 0 Å². The summed E-state index contributed by atoms with van der Waals surface area (Å²) in [5, 5.41) is 4.14. The first-order valence-corrected chi connectivity index (χ1v) is 7.95. The van der Waals surface area contributed by atoms with Crippen LogP contribution in [0.3, 0.4) is 0 Å². The Labute approximate surface area is 139 Å². The molecule has 0 heterocycles. The molecular weight excluding hydrogens is 350 g/mol. The molecule has 0 fully saturated rings. The van der Waals surface area contributed by atoms with E-state index >= 15 is 0 Å². The number of rotatable bonds is 4. The molecule has 0 amide bonds. The Morgan fingerprint density at radius 3 is 2.29 bits per heavy atom. The predicted molar refractivity (Wildman–Crippen MR) is 93.7 cm³/mol. The molecule has 0 spiro atoms. The Morgan fingerprint density at radius 1 is 1.10 bits per heavy atom. The van der Waals surface area contributed by atoms with Gasteiger partial charge in [-0.05, 0) is 54.4 Å². The molecule has 112 valence electrons. The van der Waals surface area contributed by atoms with Crippen molar-refractivity contribution >= 4 is 33.2 Å². The molecule has 1 N–H and O–H groups in total. The van der Waals surface area contributed by atoms with Gasteiger partial charge in [-0.2, -0.15) is 0 Å². The first-order valence-electron chi connectivity index (χ1n) is 6.78. The fraction of sp³-hybridized carbons (Fsp3) is 0.294. The minimum atomic E-state index is 0.155. The second-order valence-corrected chi connectivity index (χ2v) is 6.55. The van der Waals surface area contributed by atoms with E-state index in [9.17, 15) is 0 Å². The average molecular weight is 369 g/mol. The molecule has 2 rings (SSSR count). The number of anilines is 1. The van der Waals surface area contributed by atoms with Gasteiger partial charge in [-0.15, -0.1) is 0 Å². The van der Waals surface area contributed by atoms with Gasteiger partial charge in [0.15, 0.2) is 5.75 Å². The molecule has 4 heteroatoms. The van der Waals surface area contributed by atoms with Crippen LogP contribution in [0.1, 0.15) is 29.7 Å². The molecule has 2 nitrogen and oxygen atoms in total. The van der Waals surface area contributed by atoms with Crippen LogP contribution in [0.25, 0.3) is 0 Å². The molecule has 0 saturated carbocycles. The van der Waals surface area contributed by atoms with Crippen molar-refractivity contribution in [1.29, 1.82) is 0 Å². The van der Waals surface area contributed by atoms with Crippen molar-refractivity contribution in [2.75, 3.05) is 12.4 Å². The van der Waals surface area contributed by atoms with E-state index in [0.717, 1.165) is 15.9 Å². The molecule has 0 aliphatic carbocycles. The summed E-state index contributed by atoms with van der Waals surface area (Å²) in [6.45, 7) is 6.35. The molecule has 0 saturated heterocycles. The third kappa shape index (κ3) is 3.92. The van der Waals surface area contributed by atoms with Crippen LogP contribution in [-0.4, -0.2) is 7.11 Å². The van der Waals surface area contributed by atoms with Gasteiger partial charge >= 0.3 is 0 Å². The van der Waals surface area contributed by atoms with Crippen LogP contribution in [0.15, 0.2) is 34.8 Å². The summed E-state index contributed by atoms with van der Waals surface area (Å²) >= 11 is 9.61. The van der Waals surface area contributed by atoms with Crippen molar-refractivity contribution in [3.05, 3.63) is 56.5 Å². The van der Waals surface area contributed by atoms with Gasteiger partial charge in [-0.25, -0.2) is 0 Å². The molecule has 0 aromatic heterocycles. The fourth-order valence-electron chi connectivity index (χ4n) is 2.45. The van der Waals surface area contributed by atoms with Gasteiger partial charge in [-0.3, -0.25) is 0 Å². The first kappa shape index (κ1) is 16.2. The van der Waals surface area contributed by atoms with Crippen LogP contribution in [0.2, 0.25) is 5.02 Å². The first-order chi connectivity index (χ1) is 9.90. The smallest absolute Gasteiger partial charge is 0.156 e. The third-order valence-electron chi connectivity index (χ3n) is 3.33. The molecule has 0 bridgehead atoms. The largest absolute Gasteiger partial charge is 0.493 e. The highest BCUT2D eigenvalue weighted by Crippen LogP contribution is 2.38. The summed E-state index contributed by atoms with van der Waals surface area (Å²) in [6, 6.07) is 10.4. The average Bonchev–Trinajstić information content (AvgIpc) is 2.37. The van der Waals surface area contributed by atoms with E-state index in [1.165, 1.54) is 16.7 Å². The van der Waals surface area contributed by atoms with Crippen molar-refractivity contribution in [2.24, 2.45) is 0 Å². The molecule has 1 unspecified atom stereocenters. The highest BCUT2D eigenvalue weighted by atomic mass is 79.9. The lowest BCUT2D eigenvalue weighted by atomic mass is 10.0. The van der Waals surface area contributed by atoms with E-state index in [4.69, 9.17) is 16.3 Å². The lowest BCUT2D eigenvalue weighted by Crippen LogP contribution is -2.08. The number of nitrogens with one attached hydrogen (secondary N) is 1. The molecule has 0 aliphatic rings. The Morgan fingerprint density at radius 2 is 1.71 bits per heavy atom. The number of methoxy groups -OCH3 is 1. The van der Waals surface area contributed by atoms with E-state index in [1.807, 2.05) is 12.1 Å². The van der Waals surface area contributed by atoms with Crippen LogP contribution in [-0.2, 0) is 0 Å². The van der Waals surface area contributed by atoms with Gasteiger partial charge < -0.3 is 10.1 Å². The van der Waals surface area contributed by atoms with Gasteiger partial charge in [0.2, 0.25) is 0 Å². The number of halogens is 2. The fourth-order valence-corrected chi connectivity index (χ4v) is 3.42. The van der Waals surface area contributed by atoms with E-state index in [-0.39, 0.29) is 6.04 Å². The normalized spacial score (nSPS) is 12.1.